The molecule has 0 radical (unpaired) electrons. The van der Waals surface area contributed by atoms with Gasteiger partial charge in [-0.05, 0) is 19.0 Å². The summed E-state index contributed by atoms with van der Waals surface area (Å²) in [6.45, 7) is 1.28. The van der Waals surface area contributed by atoms with Gasteiger partial charge in [-0.25, -0.2) is 9.97 Å². The zero-order chi connectivity index (χ0) is 13.2. The van der Waals surface area contributed by atoms with Crippen LogP contribution < -0.4 is 10.6 Å². The third-order valence-electron chi connectivity index (χ3n) is 3.23. The third kappa shape index (κ3) is 2.90. The van der Waals surface area contributed by atoms with Crippen molar-refractivity contribution in [3.8, 4) is 0 Å². The van der Waals surface area contributed by atoms with Crippen LogP contribution in [0.25, 0.3) is 5.78 Å². The Bertz CT molecular complexity index is 569. The lowest BCUT2D eigenvalue weighted by atomic mass is 10.0. The first-order valence-corrected chi connectivity index (χ1v) is 6.23. The fraction of sp³-hybridized carbons (Fsp3) is 0.417. The molecule has 7 nitrogen and oxygen atoms in total. The summed E-state index contributed by atoms with van der Waals surface area (Å²) in [7, 11) is 0. The van der Waals surface area contributed by atoms with Gasteiger partial charge in [0.1, 0.15) is 5.69 Å². The molecular weight excluding hydrogens is 282 g/mol. The second-order valence-corrected chi connectivity index (χ2v) is 4.59. The molecule has 3 heterocycles. The first-order chi connectivity index (χ1) is 9.24. The standard InChI is InChI=1S/C12H15N5O2.ClH/c18-10-6-13-4-2-8(10)15-11(19)9-7-17-5-1-3-14-12(17)16-9;/h1,3,5,7-8,10,13,18H,2,4,6H2,(H,15,19);1H/t8-,10-;/m1./s1. The molecule has 0 spiro atoms. The molecule has 0 bridgehead atoms. The van der Waals surface area contributed by atoms with Crippen molar-refractivity contribution in [1.82, 2.24) is 25.0 Å². The molecule has 0 aliphatic carbocycles. The van der Waals surface area contributed by atoms with Crippen molar-refractivity contribution in [1.29, 1.82) is 0 Å². The first-order valence-electron chi connectivity index (χ1n) is 6.23. The molecule has 0 aromatic carbocycles. The number of rotatable bonds is 2. The highest BCUT2D eigenvalue weighted by atomic mass is 35.5. The minimum Gasteiger partial charge on any atom is -0.390 e. The average Bonchev–Trinajstić information content (AvgIpc) is 2.85. The molecule has 3 N–H and O–H groups in total. The number of piperidine rings is 1. The number of carbonyl (C=O) groups excluding carboxylic acids is 1. The molecule has 1 aliphatic heterocycles. The lowest BCUT2D eigenvalue weighted by Gasteiger charge is -2.28. The Morgan fingerprint density at radius 3 is 3.15 bits per heavy atom. The number of nitrogens with zero attached hydrogens (tertiary/aromatic N) is 3. The van der Waals surface area contributed by atoms with Gasteiger partial charge in [-0.1, -0.05) is 0 Å². The van der Waals surface area contributed by atoms with E-state index in [2.05, 4.69) is 20.6 Å². The summed E-state index contributed by atoms with van der Waals surface area (Å²) >= 11 is 0. The van der Waals surface area contributed by atoms with Crippen LogP contribution in [-0.4, -0.2) is 50.6 Å². The lowest BCUT2D eigenvalue weighted by molar-refractivity contribution is 0.0762. The van der Waals surface area contributed by atoms with Crippen LogP contribution >= 0.6 is 12.4 Å². The van der Waals surface area contributed by atoms with Crippen LogP contribution in [-0.2, 0) is 0 Å². The Kier molecular flexibility index (Phi) is 4.53. The molecule has 2 aromatic heterocycles. The van der Waals surface area contributed by atoms with Crippen molar-refractivity contribution >= 4 is 24.1 Å². The maximum Gasteiger partial charge on any atom is 0.271 e. The number of aliphatic hydroxyl groups is 1. The summed E-state index contributed by atoms with van der Waals surface area (Å²) in [6.07, 6.45) is 5.18. The van der Waals surface area contributed by atoms with Crippen LogP contribution in [0.15, 0.2) is 24.7 Å². The average molecular weight is 298 g/mol. The van der Waals surface area contributed by atoms with Gasteiger partial charge in [0.2, 0.25) is 5.78 Å². The Balaban J connectivity index is 0.00000147. The molecule has 108 valence electrons. The van der Waals surface area contributed by atoms with Gasteiger partial charge in [-0.3, -0.25) is 9.20 Å². The van der Waals surface area contributed by atoms with Gasteiger partial charge >= 0.3 is 0 Å². The number of halogens is 1. The van der Waals surface area contributed by atoms with Gasteiger partial charge in [0, 0.05) is 25.1 Å². The lowest BCUT2D eigenvalue weighted by Crippen LogP contribution is -2.52. The van der Waals surface area contributed by atoms with Crippen LogP contribution in [0.1, 0.15) is 16.9 Å². The van der Waals surface area contributed by atoms with Crippen molar-refractivity contribution < 1.29 is 9.90 Å². The summed E-state index contributed by atoms with van der Waals surface area (Å²) in [5.74, 6) is 0.204. The number of fused-ring (bicyclic) bond motifs is 1. The SMILES string of the molecule is Cl.O=C(N[C@@H]1CCNC[C@H]1O)c1cn2cccnc2n1. The first kappa shape index (κ1) is 14.7. The number of carbonyl (C=O) groups is 1. The van der Waals surface area contributed by atoms with E-state index in [9.17, 15) is 9.90 Å². The molecule has 20 heavy (non-hydrogen) atoms. The topological polar surface area (TPSA) is 91.5 Å². The molecular formula is C12H16ClN5O2. The van der Waals surface area contributed by atoms with Crippen LogP contribution in [0, 0.1) is 0 Å². The van der Waals surface area contributed by atoms with Crippen molar-refractivity contribution in [3.63, 3.8) is 0 Å². The molecule has 1 saturated heterocycles. The number of imidazole rings is 1. The second-order valence-electron chi connectivity index (χ2n) is 4.59. The minimum atomic E-state index is -0.562. The molecule has 2 atom stereocenters. The van der Waals surface area contributed by atoms with Crippen molar-refractivity contribution in [2.75, 3.05) is 13.1 Å². The van der Waals surface area contributed by atoms with E-state index >= 15 is 0 Å². The maximum absolute atomic E-state index is 12.1. The van der Waals surface area contributed by atoms with E-state index in [1.165, 1.54) is 0 Å². The highest BCUT2D eigenvalue weighted by Crippen LogP contribution is 2.06. The number of aliphatic hydroxyl groups excluding tert-OH is 1. The number of aromatic nitrogens is 3. The second kappa shape index (κ2) is 6.17. The molecule has 1 amide bonds. The summed E-state index contributed by atoms with van der Waals surface area (Å²) in [5, 5.41) is 15.7. The summed E-state index contributed by atoms with van der Waals surface area (Å²) in [4.78, 5) is 20.3. The molecule has 8 heteroatoms. The van der Waals surface area contributed by atoms with Crippen molar-refractivity contribution in [3.05, 3.63) is 30.4 Å². The van der Waals surface area contributed by atoms with Gasteiger partial charge in [0.05, 0.1) is 12.1 Å². The van der Waals surface area contributed by atoms with E-state index in [4.69, 9.17) is 0 Å². The quantitative estimate of drug-likeness (QED) is 0.702. The summed E-state index contributed by atoms with van der Waals surface area (Å²) in [6, 6.07) is 1.54. The van der Waals surface area contributed by atoms with Gasteiger partial charge in [0.25, 0.3) is 5.91 Å². The zero-order valence-electron chi connectivity index (χ0n) is 10.7. The minimum absolute atomic E-state index is 0. The van der Waals surface area contributed by atoms with Gasteiger partial charge in [-0.15, -0.1) is 12.4 Å². The van der Waals surface area contributed by atoms with Crippen LogP contribution in [0.5, 0.6) is 0 Å². The zero-order valence-corrected chi connectivity index (χ0v) is 11.5. The van der Waals surface area contributed by atoms with Crippen LogP contribution in [0.3, 0.4) is 0 Å². The van der Waals surface area contributed by atoms with E-state index in [0.29, 0.717) is 24.4 Å². The highest BCUT2D eigenvalue weighted by Gasteiger charge is 2.25. The van der Waals surface area contributed by atoms with Gasteiger partial charge < -0.3 is 15.7 Å². The normalized spacial score (nSPS) is 22.2. The number of nitrogens with one attached hydrogen (secondary N) is 2. The predicted octanol–water partition coefficient (Wildman–Crippen LogP) is -0.396. The van der Waals surface area contributed by atoms with E-state index in [1.807, 2.05) is 0 Å². The van der Waals surface area contributed by atoms with Crippen molar-refractivity contribution in [2.45, 2.75) is 18.6 Å². The van der Waals surface area contributed by atoms with E-state index in [1.54, 1.807) is 29.1 Å². The van der Waals surface area contributed by atoms with E-state index in [-0.39, 0.29) is 24.4 Å². The predicted molar refractivity (Wildman–Crippen MR) is 75.0 cm³/mol. The number of hydrogen-bond acceptors (Lipinski definition) is 5. The van der Waals surface area contributed by atoms with Gasteiger partial charge in [0.15, 0.2) is 0 Å². The Morgan fingerprint density at radius 1 is 1.55 bits per heavy atom. The summed E-state index contributed by atoms with van der Waals surface area (Å²) in [5.41, 5.74) is 0.310. The monoisotopic (exact) mass is 297 g/mol. The van der Waals surface area contributed by atoms with Gasteiger partial charge in [-0.2, -0.15) is 0 Å². The molecule has 1 aliphatic rings. The Hall–Kier alpha value is -1.70. The molecule has 3 rings (SSSR count). The summed E-state index contributed by atoms with van der Waals surface area (Å²) < 4.78 is 1.69. The maximum atomic E-state index is 12.1. The smallest absolute Gasteiger partial charge is 0.271 e. The van der Waals surface area contributed by atoms with Crippen LogP contribution in [0.4, 0.5) is 0 Å². The molecule has 1 fully saturated rings. The Labute approximate surface area is 121 Å². The van der Waals surface area contributed by atoms with E-state index < -0.39 is 6.10 Å². The molecule has 0 saturated carbocycles. The number of β-amino-alcohol motifs (C(OH)–C–C–N with tert-alkyl or cyclic N) is 1. The van der Waals surface area contributed by atoms with Crippen molar-refractivity contribution in [2.24, 2.45) is 0 Å². The number of hydrogen-bond donors (Lipinski definition) is 3. The molecule has 0 unspecified atom stereocenters. The Morgan fingerprint density at radius 2 is 2.40 bits per heavy atom. The number of amides is 1. The van der Waals surface area contributed by atoms with Crippen LogP contribution in [0.2, 0.25) is 0 Å². The highest BCUT2D eigenvalue weighted by molar-refractivity contribution is 5.93. The fourth-order valence-electron chi connectivity index (χ4n) is 2.19. The largest absolute Gasteiger partial charge is 0.390 e. The third-order valence-corrected chi connectivity index (χ3v) is 3.23. The fourth-order valence-corrected chi connectivity index (χ4v) is 2.19. The molecule has 2 aromatic rings. The van der Waals surface area contributed by atoms with E-state index in [0.717, 1.165) is 6.54 Å².